The van der Waals surface area contributed by atoms with Gasteiger partial charge < -0.3 is 20.6 Å². The van der Waals surface area contributed by atoms with Gasteiger partial charge in [0.2, 0.25) is 0 Å². The summed E-state index contributed by atoms with van der Waals surface area (Å²) in [6.07, 6.45) is 6.76. The van der Waals surface area contributed by atoms with Crippen molar-refractivity contribution < 1.29 is 4.79 Å². The topological polar surface area (TPSA) is 126 Å². The number of nitrogens with zero attached hydrogens (tertiary/aromatic N) is 4. The van der Waals surface area contributed by atoms with Crippen molar-refractivity contribution in [2.45, 2.75) is 24.9 Å². The third kappa shape index (κ3) is 5.75. The zero-order chi connectivity index (χ0) is 23.0. The number of benzene rings is 2. The molecule has 4 aromatic rings. The minimum Gasteiger partial charge on any atom is -0.351 e. The summed E-state index contributed by atoms with van der Waals surface area (Å²) in [5.74, 6) is 0.933. The number of hydrogen-bond acceptors (Lipinski definition) is 5. The number of urea groups is 1. The molecule has 1 saturated heterocycles. The Morgan fingerprint density at radius 1 is 1.21 bits per heavy atom. The molecular formula is C24H26N8O. The van der Waals surface area contributed by atoms with E-state index in [2.05, 4.69) is 43.6 Å². The Kier molecular flexibility index (Phi) is 6.97. The molecule has 33 heavy (non-hydrogen) atoms. The summed E-state index contributed by atoms with van der Waals surface area (Å²) in [6.45, 7) is 0.878. The molecule has 0 unspecified atom stereocenters. The molecule has 0 bridgehead atoms. The highest BCUT2D eigenvalue weighted by molar-refractivity contribution is 5.89. The average Bonchev–Trinajstić information content (AvgIpc) is 3.54. The molecule has 1 aliphatic rings. The number of amides is 2. The summed E-state index contributed by atoms with van der Waals surface area (Å²) < 4.78 is 0. The maximum Gasteiger partial charge on any atom is 0.319 e. The van der Waals surface area contributed by atoms with E-state index in [1.807, 2.05) is 24.3 Å². The van der Waals surface area contributed by atoms with Gasteiger partial charge in [0.05, 0.1) is 35.0 Å². The summed E-state index contributed by atoms with van der Waals surface area (Å²) in [4.78, 5) is 29.2. The van der Waals surface area contributed by atoms with E-state index < -0.39 is 0 Å². The Balaban J connectivity index is 0.000000459. The second-order valence-electron chi connectivity index (χ2n) is 7.91. The molecule has 2 aromatic heterocycles. The smallest absolute Gasteiger partial charge is 0.319 e. The molecular weight excluding hydrogens is 416 g/mol. The van der Waals surface area contributed by atoms with Crippen LogP contribution in [0.3, 0.4) is 0 Å². The monoisotopic (exact) mass is 442 g/mol. The maximum atomic E-state index is 12.4. The molecule has 1 fully saturated rings. The largest absolute Gasteiger partial charge is 0.351 e. The minimum atomic E-state index is -0.234. The fourth-order valence-corrected chi connectivity index (χ4v) is 3.86. The number of imidazole rings is 2. The predicted octanol–water partition coefficient (Wildman–Crippen LogP) is 3.80. The number of piperidine rings is 1. The van der Waals surface area contributed by atoms with Crippen LogP contribution in [0.25, 0.3) is 11.0 Å². The standard InChI is InChI=1S/C21H22N6O.C3H4N2/c1-27-11-10-16(24-21(28)23-15-8-6-14(13-22)7-9-15)12-19(27)20-25-17-4-2-3-5-18(17)26-20;1-2-5-3-4-1/h2-9,16,19H,10-12H2,1H3,(H,25,26)(H2,23,24,28);1-3H,(H,4,5)/t16-,19-;/m1./s1. The molecule has 0 saturated carbocycles. The number of para-hydroxylation sites is 2. The lowest BCUT2D eigenvalue weighted by Crippen LogP contribution is -2.46. The Morgan fingerprint density at radius 3 is 2.70 bits per heavy atom. The van der Waals surface area contributed by atoms with Crippen molar-refractivity contribution in [3.63, 3.8) is 0 Å². The highest BCUT2D eigenvalue weighted by Crippen LogP contribution is 2.29. The van der Waals surface area contributed by atoms with Crippen molar-refractivity contribution in [2.75, 3.05) is 18.9 Å². The third-order valence-corrected chi connectivity index (χ3v) is 5.61. The van der Waals surface area contributed by atoms with Gasteiger partial charge in [-0.25, -0.2) is 14.8 Å². The highest BCUT2D eigenvalue weighted by atomic mass is 16.2. The van der Waals surface area contributed by atoms with Crippen molar-refractivity contribution in [1.82, 2.24) is 30.2 Å². The Bertz CT molecular complexity index is 1160. The molecule has 2 amide bonds. The van der Waals surface area contributed by atoms with Gasteiger partial charge in [-0.1, -0.05) is 12.1 Å². The van der Waals surface area contributed by atoms with E-state index >= 15 is 0 Å². The number of aromatic nitrogens is 4. The summed E-state index contributed by atoms with van der Waals surface area (Å²) in [6, 6.07) is 16.8. The fraction of sp³-hybridized carbons (Fsp3) is 0.250. The van der Waals surface area contributed by atoms with E-state index in [1.165, 1.54) is 0 Å². The van der Waals surface area contributed by atoms with Crippen LogP contribution in [-0.2, 0) is 0 Å². The molecule has 168 valence electrons. The number of carbonyl (C=O) groups is 1. The first-order valence-electron chi connectivity index (χ1n) is 10.8. The minimum absolute atomic E-state index is 0.0628. The van der Waals surface area contributed by atoms with Gasteiger partial charge in [0.15, 0.2) is 0 Å². The van der Waals surface area contributed by atoms with Crippen molar-refractivity contribution in [1.29, 1.82) is 5.26 Å². The normalized spacial score (nSPS) is 18.1. The van der Waals surface area contributed by atoms with Gasteiger partial charge in [-0.2, -0.15) is 5.26 Å². The zero-order valence-corrected chi connectivity index (χ0v) is 18.3. The number of nitriles is 1. The number of H-pyrrole nitrogens is 2. The molecule has 0 radical (unpaired) electrons. The predicted molar refractivity (Wildman–Crippen MR) is 126 cm³/mol. The van der Waals surface area contributed by atoms with E-state index in [0.717, 1.165) is 36.2 Å². The molecule has 0 aliphatic carbocycles. The molecule has 0 spiro atoms. The van der Waals surface area contributed by atoms with Crippen molar-refractivity contribution in [2.24, 2.45) is 0 Å². The van der Waals surface area contributed by atoms with E-state index in [-0.39, 0.29) is 18.1 Å². The summed E-state index contributed by atoms with van der Waals surface area (Å²) >= 11 is 0. The van der Waals surface area contributed by atoms with Crippen molar-refractivity contribution >= 4 is 22.8 Å². The van der Waals surface area contributed by atoms with Crippen LogP contribution in [0.4, 0.5) is 10.5 Å². The number of anilines is 1. The van der Waals surface area contributed by atoms with Crippen LogP contribution in [0.5, 0.6) is 0 Å². The Labute approximate surface area is 191 Å². The van der Waals surface area contributed by atoms with Gasteiger partial charge >= 0.3 is 6.03 Å². The van der Waals surface area contributed by atoms with Gasteiger partial charge in [0, 0.05) is 30.7 Å². The van der Waals surface area contributed by atoms with Crippen LogP contribution in [0.2, 0.25) is 0 Å². The van der Waals surface area contributed by atoms with E-state index in [1.54, 1.807) is 43.0 Å². The lowest BCUT2D eigenvalue weighted by Gasteiger charge is -2.36. The van der Waals surface area contributed by atoms with Crippen LogP contribution in [0.15, 0.2) is 67.3 Å². The number of fused-ring (bicyclic) bond motifs is 1. The number of aromatic amines is 2. The SMILES string of the molecule is CN1CC[C@@H](NC(=O)Nc2ccc(C#N)cc2)C[C@@H]1c1nc2ccccc2[nH]1.c1c[nH]cn1. The average molecular weight is 443 g/mol. The first-order chi connectivity index (χ1) is 16.1. The van der Waals surface area contributed by atoms with Gasteiger partial charge in [-0.3, -0.25) is 4.90 Å². The molecule has 9 nitrogen and oxygen atoms in total. The maximum absolute atomic E-state index is 12.4. The lowest BCUT2D eigenvalue weighted by molar-refractivity contribution is 0.153. The van der Waals surface area contributed by atoms with Crippen LogP contribution in [0, 0.1) is 11.3 Å². The first-order valence-corrected chi connectivity index (χ1v) is 10.8. The third-order valence-electron chi connectivity index (χ3n) is 5.61. The fourth-order valence-electron chi connectivity index (χ4n) is 3.86. The Morgan fingerprint density at radius 2 is 2.03 bits per heavy atom. The lowest BCUT2D eigenvalue weighted by atomic mass is 9.97. The quantitative estimate of drug-likeness (QED) is 0.384. The molecule has 5 rings (SSSR count). The second-order valence-corrected chi connectivity index (χ2v) is 7.91. The number of nitrogens with one attached hydrogen (secondary N) is 4. The van der Waals surface area contributed by atoms with Crippen LogP contribution in [0.1, 0.15) is 30.3 Å². The molecule has 9 heteroatoms. The Hall–Kier alpha value is -4.16. The molecule has 2 atom stereocenters. The highest BCUT2D eigenvalue weighted by Gasteiger charge is 2.30. The molecule has 4 N–H and O–H groups in total. The summed E-state index contributed by atoms with van der Waals surface area (Å²) in [5, 5.41) is 14.7. The van der Waals surface area contributed by atoms with E-state index in [4.69, 9.17) is 10.2 Å². The first kappa shape index (κ1) is 22.0. The molecule has 3 heterocycles. The van der Waals surface area contributed by atoms with Gasteiger partial charge in [-0.05, 0) is 56.3 Å². The number of hydrogen-bond donors (Lipinski definition) is 4. The number of rotatable bonds is 3. The second kappa shape index (κ2) is 10.4. The van der Waals surface area contributed by atoms with Crippen molar-refractivity contribution in [3.05, 3.63) is 78.6 Å². The van der Waals surface area contributed by atoms with Crippen molar-refractivity contribution in [3.8, 4) is 6.07 Å². The van der Waals surface area contributed by atoms with E-state index in [9.17, 15) is 4.79 Å². The zero-order valence-electron chi connectivity index (χ0n) is 18.3. The van der Waals surface area contributed by atoms with Crippen LogP contribution in [-0.4, -0.2) is 50.5 Å². The molecule has 1 aliphatic heterocycles. The summed E-state index contributed by atoms with van der Waals surface area (Å²) in [5.41, 5.74) is 3.22. The van der Waals surface area contributed by atoms with Crippen LogP contribution < -0.4 is 10.6 Å². The number of carbonyl (C=O) groups excluding carboxylic acids is 1. The van der Waals surface area contributed by atoms with Crippen LogP contribution >= 0.6 is 0 Å². The van der Waals surface area contributed by atoms with Gasteiger partial charge in [0.25, 0.3) is 0 Å². The van der Waals surface area contributed by atoms with Gasteiger partial charge in [0.1, 0.15) is 5.82 Å². The number of likely N-dealkylation sites (tertiary alicyclic amines) is 1. The summed E-state index contributed by atoms with van der Waals surface area (Å²) in [7, 11) is 2.09. The van der Waals surface area contributed by atoms with Gasteiger partial charge in [-0.15, -0.1) is 0 Å². The van der Waals surface area contributed by atoms with E-state index in [0.29, 0.717) is 11.3 Å². The molecule has 2 aromatic carbocycles.